The van der Waals surface area contributed by atoms with Gasteiger partial charge in [-0.3, -0.25) is 9.59 Å². The van der Waals surface area contributed by atoms with Crippen LogP contribution in [0.1, 0.15) is 59.1 Å². The molecule has 3 aromatic rings. The Morgan fingerprint density at radius 2 is 0.767 bits per heavy atom. The summed E-state index contributed by atoms with van der Waals surface area (Å²) in [5.41, 5.74) is 5.54. The van der Waals surface area contributed by atoms with Crippen molar-refractivity contribution in [3.8, 4) is 0 Å². The van der Waals surface area contributed by atoms with Gasteiger partial charge in [-0.25, -0.2) is 0 Å². The smallest absolute Gasteiger partial charge is 0.303 e. The van der Waals surface area contributed by atoms with Crippen molar-refractivity contribution in [2.24, 2.45) is 0 Å². The Bertz CT molecular complexity index is 967. The lowest BCUT2D eigenvalue weighted by molar-refractivity contribution is -0.138. The van der Waals surface area contributed by atoms with Gasteiger partial charge in [-0.1, -0.05) is 72.8 Å². The summed E-state index contributed by atoms with van der Waals surface area (Å²) in [5, 5.41) is 19.1. The molecule has 0 saturated carbocycles. The Labute approximate surface area is 174 Å². The minimum atomic E-state index is -0.815. The van der Waals surface area contributed by atoms with Gasteiger partial charge in [0, 0.05) is 23.7 Å². The lowest BCUT2D eigenvalue weighted by Gasteiger charge is -2.57. The van der Waals surface area contributed by atoms with Crippen LogP contribution in [0.5, 0.6) is 0 Å². The average molecular weight is 398 g/mol. The number of carbonyl (C=O) groups is 2. The Hall–Kier alpha value is -3.40. The molecular weight excluding hydrogens is 376 g/mol. The molecule has 30 heavy (non-hydrogen) atoms. The van der Waals surface area contributed by atoms with Gasteiger partial charge in [-0.15, -0.1) is 0 Å². The number of carboxylic acid groups (broad SMARTS) is 2. The molecule has 2 bridgehead atoms. The average Bonchev–Trinajstić information content (AvgIpc) is 2.77. The lowest BCUT2D eigenvalue weighted by Crippen LogP contribution is -2.51. The topological polar surface area (TPSA) is 74.6 Å². The molecule has 150 valence electrons. The van der Waals surface area contributed by atoms with Crippen LogP contribution in [0.25, 0.3) is 0 Å². The highest BCUT2D eigenvalue weighted by atomic mass is 16.4. The van der Waals surface area contributed by atoms with Crippen LogP contribution in [0.3, 0.4) is 0 Å². The van der Waals surface area contributed by atoms with Crippen molar-refractivity contribution >= 4 is 11.9 Å². The standard InChI is InChI=1S/C26H22O4/c27-23(28)13-15-25-17-7-1-2-8-18(17)26(16-14-24(29)30,21-11-5-3-9-19(21)25)22-12-6-4-10-20(22)25/h1-12H,13-16H2,(H,27,28)(H,29,30). The van der Waals surface area contributed by atoms with E-state index in [1.54, 1.807) is 0 Å². The molecule has 3 aliphatic rings. The van der Waals surface area contributed by atoms with Gasteiger partial charge in [0.2, 0.25) is 0 Å². The molecule has 0 spiro atoms. The fraction of sp³-hybridized carbons (Fsp3) is 0.231. The second-order valence-corrected chi connectivity index (χ2v) is 8.23. The van der Waals surface area contributed by atoms with Gasteiger partial charge >= 0.3 is 11.9 Å². The number of benzene rings is 3. The highest BCUT2D eigenvalue weighted by Crippen LogP contribution is 2.64. The molecule has 4 nitrogen and oxygen atoms in total. The van der Waals surface area contributed by atoms with Crippen LogP contribution in [-0.4, -0.2) is 22.2 Å². The van der Waals surface area contributed by atoms with E-state index >= 15 is 0 Å². The van der Waals surface area contributed by atoms with Crippen molar-refractivity contribution in [3.05, 3.63) is 106 Å². The molecule has 0 heterocycles. The molecule has 0 aromatic heterocycles. The zero-order chi connectivity index (χ0) is 20.9. The zero-order valence-corrected chi connectivity index (χ0v) is 16.5. The maximum Gasteiger partial charge on any atom is 0.303 e. The van der Waals surface area contributed by atoms with E-state index in [0.717, 1.165) is 33.4 Å². The van der Waals surface area contributed by atoms with E-state index in [-0.39, 0.29) is 12.8 Å². The summed E-state index contributed by atoms with van der Waals surface area (Å²) in [6, 6.07) is 24.6. The third-order valence-corrected chi connectivity index (χ3v) is 6.97. The SMILES string of the molecule is O=C(O)CCC12c3ccccc3C(CCC(=O)O)(c3ccccc31)c1ccccc12. The van der Waals surface area contributed by atoms with Crippen LogP contribution in [0.2, 0.25) is 0 Å². The summed E-state index contributed by atoms with van der Waals surface area (Å²) in [5.74, 6) is -1.63. The van der Waals surface area contributed by atoms with Gasteiger partial charge in [0.1, 0.15) is 0 Å². The first-order valence-corrected chi connectivity index (χ1v) is 10.3. The number of carboxylic acids is 2. The molecule has 3 aliphatic carbocycles. The van der Waals surface area contributed by atoms with E-state index < -0.39 is 22.8 Å². The molecule has 0 aliphatic heterocycles. The van der Waals surface area contributed by atoms with Crippen LogP contribution >= 0.6 is 0 Å². The Morgan fingerprint density at radius 1 is 0.533 bits per heavy atom. The van der Waals surface area contributed by atoms with Gasteiger partial charge < -0.3 is 10.2 Å². The quantitative estimate of drug-likeness (QED) is 0.631. The minimum Gasteiger partial charge on any atom is -0.481 e. The number of hydrogen-bond acceptors (Lipinski definition) is 2. The van der Waals surface area contributed by atoms with Gasteiger partial charge in [-0.05, 0) is 46.2 Å². The molecular formula is C26H22O4. The van der Waals surface area contributed by atoms with Crippen LogP contribution in [0.4, 0.5) is 0 Å². The van der Waals surface area contributed by atoms with Gasteiger partial charge in [0.15, 0.2) is 0 Å². The summed E-state index contributed by atoms with van der Waals surface area (Å²) in [6.45, 7) is 0. The monoisotopic (exact) mass is 398 g/mol. The van der Waals surface area contributed by atoms with E-state index in [1.807, 2.05) is 36.4 Å². The van der Waals surface area contributed by atoms with Crippen LogP contribution < -0.4 is 0 Å². The molecule has 0 amide bonds. The fourth-order valence-corrected chi connectivity index (χ4v) is 5.95. The van der Waals surface area contributed by atoms with Crippen LogP contribution in [0.15, 0.2) is 72.8 Å². The lowest BCUT2D eigenvalue weighted by atomic mass is 9.45. The number of rotatable bonds is 6. The maximum atomic E-state index is 11.6. The Kier molecular flexibility index (Phi) is 4.07. The van der Waals surface area contributed by atoms with Crippen molar-refractivity contribution in [1.29, 1.82) is 0 Å². The molecule has 2 N–H and O–H groups in total. The molecule has 0 fully saturated rings. The van der Waals surface area contributed by atoms with Crippen molar-refractivity contribution in [2.45, 2.75) is 36.5 Å². The predicted octanol–water partition coefficient (Wildman–Crippen LogP) is 4.71. The highest BCUT2D eigenvalue weighted by Gasteiger charge is 2.58. The number of hydrogen-bond donors (Lipinski definition) is 2. The van der Waals surface area contributed by atoms with Gasteiger partial charge in [-0.2, -0.15) is 0 Å². The second kappa shape index (κ2) is 6.56. The van der Waals surface area contributed by atoms with Crippen LogP contribution in [-0.2, 0) is 20.4 Å². The van der Waals surface area contributed by atoms with E-state index in [0.29, 0.717) is 12.8 Å². The third kappa shape index (κ3) is 2.28. The summed E-state index contributed by atoms with van der Waals surface area (Å²) >= 11 is 0. The maximum absolute atomic E-state index is 11.6. The van der Waals surface area contributed by atoms with E-state index in [2.05, 4.69) is 36.4 Å². The Morgan fingerprint density at radius 3 is 0.967 bits per heavy atom. The second-order valence-electron chi connectivity index (χ2n) is 8.23. The van der Waals surface area contributed by atoms with Crippen molar-refractivity contribution < 1.29 is 19.8 Å². The Balaban J connectivity index is 1.90. The van der Waals surface area contributed by atoms with E-state index in [4.69, 9.17) is 0 Å². The van der Waals surface area contributed by atoms with Crippen LogP contribution in [0, 0.1) is 0 Å². The largest absolute Gasteiger partial charge is 0.481 e. The summed E-state index contributed by atoms with van der Waals surface area (Å²) in [4.78, 5) is 23.2. The molecule has 4 heteroatoms. The molecule has 0 unspecified atom stereocenters. The third-order valence-electron chi connectivity index (χ3n) is 6.97. The normalized spacial score (nSPS) is 22.7. The zero-order valence-electron chi connectivity index (χ0n) is 16.5. The van der Waals surface area contributed by atoms with Crippen molar-refractivity contribution in [2.75, 3.05) is 0 Å². The van der Waals surface area contributed by atoms with Crippen molar-refractivity contribution in [3.63, 3.8) is 0 Å². The van der Waals surface area contributed by atoms with Gasteiger partial charge in [0.25, 0.3) is 0 Å². The summed E-state index contributed by atoms with van der Waals surface area (Å²) in [7, 11) is 0. The molecule has 0 saturated heterocycles. The molecule has 0 radical (unpaired) electrons. The first-order chi connectivity index (χ1) is 14.5. The van der Waals surface area contributed by atoms with E-state index in [1.165, 1.54) is 0 Å². The minimum absolute atomic E-state index is 0.0547. The molecule has 3 aromatic carbocycles. The molecule has 0 atom stereocenters. The van der Waals surface area contributed by atoms with Crippen molar-refractivity contribution in [1.82, 2.24) is 0 Å². The predicted molar refractivity (Wildman–Crippen MR) is 113 cm³/mol. The summed E-state index contributed by atoms with van der Waals surface area (Å²) in [6.07, 6.45) is 1.03. The van der Waals surface area contributed by atoms with E-state index in [9.17, 15) is 19.8 Å². The highest BCUT2D eigenvalue weighted by molar-refractivity contribution is 5.77. The summed E-state index contributed by atoms with van der Waals surface area (Å²) < 4.78 is 0. The fourth-order valence-electron chi connectivity index (χ4n) is 5.95. The first kappa shape index (κ1) is 18.6. The number of aliphatic carboxylic acids is 2. The molecule has 6 rings (SSSR count). The first-order valence-electron chi connectivity index (χ1n) is 10.3. The van der Waals surface area contributed by atoms with Gasteiger partial charge in [0.05, 0.1) is 0 Å².